The highest BCUT2D eigenvalue weighted by molar-refractivity contribution is 7.89. The lowest BCUT2D eigenvalue weighted by molar-refractivity contribution is -0.123. The predicted molar refractivity (Wildman–Crippen MR) is 131 cm³/mol. The monoisotopic (exact) mass is 485 g/mol. The Morgan fingerprint density at radius 2 is 1.88 bits per heavy atom. The molecule has 2 amide bonds. The van der Waals surface area contributed by atoms with Gasteiger partial charge in [0.1, 0.15) is 5.75 Å². The molecule has 4 rings (SSSR count). The number of nitrogens with zero attached hydrogens (tertiary/aromatic N) is 2. The Balaban J connectivity index is 1.49. The van der Waals surface area contributed by atoms with Crippen LogP contribution in [0.2, 0.25) is 0 Å². The molecule has 2 aromatic rings. The maximum atomic E-state index is 13.5. The van der Waals surface area contributed by atoms with Crippen molar-refractivity contribution in [1.29, 1.82) is 0 Å². The number of amides is 2. The van der Waals surface area contributed by atoms with Gasteiger partial charge in [0.2, 0.25) is 15.9 Å². The van der Waals surface area contributed by atoms with Crippen molar-refractivity contribution < 1.29 is 22.7 Å². The molecule has 8 nitrogen and oxygen atoms in total. The van der Waals surface area contributed by atoms with Crippen molar-refractivity contribution >= 4 is 33.2 Å². The summed E-state index contributed by atoms with van der Waals surface area (Å²) in [7, 11) is -3.77. The second-order valence-corrected chi connectivity index (χ2v) is 10.9. The molecule has 0 spiro atoms. The number of anilines is 2. The topological polar surface area (TPSA) is 96.0 Å². The fourth-order valence-corrected chi connectivity index (χ4v) is 6.28. The summed E-state index contributed by atoms with van der Waals surface area (Å²) < 4.78 is 34.0. The highest BCUT2D eigenvalue weighted by Gasteiger charge is 2.36. The molecular formula is C25H31N3O5S. The number of piperidine rings is 1. The average molecular weight is 486 g/mol. The molecule has 1 N–H and O–H groups in total. The van der Waals surface area contributed by atoms with E-state index in [1.165, 1.54) is 10.4 Å². The second kappa shape index (κ2) is 9.38. The van der Waals surface area contributed by atoms with Crippen molar-refractivity contribution in [2.24, 2.45) is 5.92 Å². The van der Waals surface area contributed by atoms with Gasteiger partial charge in [-0.05, 0) is 69.9 Å². The third-order valence-corrected chi connectivity index (χ3v) is 8.57. The summed E-state index contributed by atoms with van der Waals surface area (Å²) in [5.41, 5.74) is 2.96. The molecule has 1 fully saturated rings. The van der Waals surface area contributed by atoms with Crippen LogP contribution >= 0.6 is 0 Å². The van der Waals surface area contributed by atoms with Crippen LogP contribution in [0.1, 0.15) is 37.8 Å². The molecule has 182 valence electrons. The molecule has 0 saturated carbocycles. The molecule has 1 atom stereocenters. The zero-order valence-corrected chi connectivity index (χ0v) is 20.8. The first-order valence-electron chi connectivity index (χ1n) is 11.6. The van der Waals surface area contributed by atoms with Crippen LogP contribution in [0.3, 0.4) is 0 Å². The molecule has 9 heteroatoms. The van der Waals surface area contributed by atoms with Crippen molar-refractivity contribution in [2.45, 2.75) is 51.5 Å². The minimum absolute atomic E-state index is 0.0354. The van der Waals surface area contributed by atoms with Crippen LogP contribution in [-0.2, 0) is 19.6 Å². The number of rotatable bonds is 5. The average Bonchev–Trinajstić information content (AvgIpc) is 2.80. The van der Waals surface area contributed by atoms with Crippen molar-refractivity contribution in [3.63, 3.8) is 0 Å². The van der Waals surface area contributed by atoms with Gasteiger partial charge in [-0.15, -0.1) is 0 Å². The van der Waals surface area contributed by atoms with E-state index in [1.54, 1.807) is 24.8 Å². The normalized spacial score (nSPS) is 19.2. The Morgan fingerprint density at radius 1 is 1.18 bits per heavy atom. The number of hydrogen-bond donors (Lipinski definition) is 1. The van der Waals surface area contributed by atoms with Crippen molar-refractivity contribution in [3.05, 3.63) is 47.5 Å². The van der Waals surface area contributed by atoms with Gasteiger partial charge < -0.3 is 15.0 Å². The number of carbonyl (C=O) groups excluding carboxylic acids is 2. The number of carbonyl (C=O) groups is 2. The predicted octanol–water partition coefficient (Wildman–Crippen LogP) is 3.48. The smallest absolute Gasteiger partial charge is 0.265 e. The Morgan fingerprint density at radius 3 is 2.53 bits per heavy atom. The summed E-state index contributed by atoms with van der Waals surface area (Å²) in [5.74, 6) is -0.108. The number of nitrogens with one attached hydrogen (secondary N) is 1. The van der Waals surface area contributed by atoms with Gasteiger partial charge in [0.05, 0.1) is 10.6 Å². The lowest BCUT2D eigenvalue weighted by atomic mass is 9.96. The lowest BCUT2D eigenvalue weighted by Crippen LogP contribution is -2.44. The highest BCUT2D eigenvalue weighted by atomic mass is 32.2. The molecule has 2 heterocycles. The van der Waals surface area contributed by atoms with Crippen LogP contribution in [0.15, 0.2) is 41.3 Å². The van der Waals surface area contributed by atoms with E-state index < -0.39 is 16.1 Å². The minimum atomic E-state index is -3.77. The molecule has 0 radical (unpaired) electrons. The van der Waals surface area contributed by atoms with E-state index in [0.29, 0.717) is 36.4 Å². The van der Waals surface area contributed by atoms with Crippen molar-refractivity contribution in [2.75, 3.05) is 29.9 Å². The van der Waals surface area contributed by atoms with Crippen molar-refractivity contribution in [3.8, 4) is 5.75 Å². The number of aryl methyl sites for hydroxylation is 2. The van der Waals surface area contributed by atoms with E-state index in [4.69, 9.17) is 4.74 Å². The standard InChI is InChI=1S/C25H31N3O5S/c1-5-28(20-8-6-7-16(2)13-20)25(30)19-9-11-27(12-10-19)34(31,32)23-15-22-21(14-17(23)3)26-24(29)18(4)33-22/h6-8,13-15,18-19H,5,9-12H2,1-4H3,(H,26,29)/t18-/m0/s1. The Hall–Kier alpha value is -2.91. The summed E-state index contributed by atoms with van der Waals surface area (Å²) >= 11 is 0. The van der Waals surface area contributed by atoms with E-state index >= 15 is 0 Å². The van der Waals surface area contributed by atoms with Crippen LogP contribution in [-0.4, -0.2) is 50.3 Å². The summed E-state index contributed by atoms with van der Waals surface area (Å²) in [6.07, 6.45) is 0.240. The molecule has 0 aliphatic carbocycles. The fraction of sp³-hybridized carbons (Fsp3) is 0.440. The van der Waals surface area contributed by atoms with E-state index in [1.807, 2.05) is 38.1 Å². The van der Waals surface area contributed by atoms with E-state index in [0.717, 1.165) is 11.3 Å². The van der Waals surface area contributed by atoms with Crippen LogP contribution in [0.25, 0.3) is 0 Å². The SMILES string of the molecule is CCN(C(=O)C1CCN(S(=O)(=O)c2cc3c(cc2C)NC(=O)[C@H](C)O3)CC1)c1cccc(C)c1. The molecule has 0 bridgehead atoms. The molecule has 0 aromatic heterocycles. The number of benzene rings is 2. The van der Waals surface area contributed by atoms with Crippen LogP contribution < -0.4 is 15.0 Å². The van der Waals surface area contributed by atoms with E-state index in [9.17, 15) is 18.0 Å². The number of hydrogen-bond acceptors (Lipinski definition) is 5. The minimum Gasteiger partial charge on any atom is -0.479 e. The Bertz CT molecular complexity index is 1220. The lowest BCUT2D eigenvalue weighted by Gasteiger charge is -2.34. The zero-order valence-electron chi connectivity index (χ0n) is 20.0. The molecule has 0 unspecified atom stereocenters. The van der Waals surface area contributed by atoms with E-state index in [2.05, 4.69) is 5.32 Å². The largest absolute Gasteiger partial charge is 0.479 e. The van der Waals surface area contributed by atoms with Crippen LogP contribution in [0.5, 0.6) is 5.75 Å². The quantitative estimate of drug-likeness (QED) is 0.700. The van der Waals surface area contributed by atoms with E-state index in [-0.39, 0.29) is 35.7 Å². The maximum Gasteiger partial charge on any atom is 0.265 e. The van der Waals surface area contributed by atoms with Gasteiger partial charge in [-0.1, -0.05) is 12.1 Å². The Labute approximate surface area is 200 Å². The summed E-state index contributed by atoms with van der Waals surface area (Å²) in [5, 5.41) is 2.75. The highest BCUT2D eigenvalue weighted by Crippen LogP contribution is 2.36. The van der Waals surface area contributed by atoms with Gasteiger partial charge in [0.25, 0.3) is 5.91 Å². The Kier molecular flexibility index (Phi) is 6.69. The van der Waals surface area contributed by atoms with Crippen LogP contribution in [0.4, 0.5) is 11.4 Å². The second-order valence-electron chi connectivity index (χ2n) is 8.96. The van der Waals surface area contributed by atoms with Gasteiger partial charge >= 0.3 is 0 Å². The summed E-state index contributed by atoms with van der Waals surface area (Å²) in [6, 6.07) is 11.0. The molecule has 2 aliphatic rings. The first-order valence-corrected chi connectivity index (χ1v) is 13.1. The molecule has 2 aromatic carbocycles. The first kappa shape index (κ1) is 24.2. The zero-order chi connectivity index (χ0) is 24.6. The van der Waals surface area contributed by atoms with Crippen molar-refractivity contribution in [1.82, 2.24) is 4.31 Å². The molecule has 1 saturated heterocycles. The number of fused-ring (bicyclic) bond motifs is 1. The molecule has 2 aliphatic heterocycles. The van der Waals surface area contributed by atoms with Gasteiger partial charge in [-0.25, -0.2) is 8.42 Å². The van der Waals surface area contributed by atoms with Gasteiger partial charge in [-0.3, -0.25) is 9.59 Å². The van der Waals surface area contributed by atoms with Gasteiger partial charge in [0.15, 0.2) is 6.10 Å². The molecular weight excluding hydrogens is 454 g/mol. The third kappa shape index (κ3) is 4.54. The molecule has 34 heavy (non-hydrogen) atoms. The van der Waals surface area contributed by atoms with Gasteiger partial charge in [-0.2, -0.15) is 4.31 Å². The fourth-order valence-electron chi connectivity index (χ4n) is 4.58. The maximum absolute atomic E-state index is 13.5. The number of sulfonamides is 1. The summed E-state index contributed by atoms with van der Waals surface area (Å²) in [4.78, 5) is 27.1. The van der Waals surface area contributed by atoms with Gasteiger partial charge in [0, 0.05) is 37.3 Å². The third-order valence-electron chi connectivity index (χ3n) is 6.52. The van der Waals surface area contributed by atoms with Crippen LogP contribution in [0, 0.1) is 19.8 Å². The summed E-state index contributed by atoms with van der Waals surface area (Å²) in [6.45, 7) is 8.36. The number of ether oxygens (including phenoxy) is 1. The first-order chi connectivity index (χ1) is 16.1.